The number of ether oxygens (including phenoxy) is 4. The second-order valence-electron chi connectivity index (χ2n) is 8.49. The summed E-state index contributed by atoms with van der Waals surface area (Å²) in [7, 11) is 1.45. The third-order valence-electron chi connectivity index (χ3n) is 5.32. The highest BCUT2D eigenvalue weighted by Gasteiger charge is 2.32. The number of carbonyl (C=O) groups excluding carboxylic acids is 3. The van der Waals surface area contributed by atoms with Crippen LogP contribution in [-0.2, 0) is 14.3 Å². The zero-order valence-electron chi connectivity index (χ0n) is 22.0. The Morgan fingerprint density at radius 2 is 1.89 bits per heavy atom. The summed E-state index contributed by atoms with van der Waals surface area (Å²) in [5.41, 5.74) is 4.38. The summed E-state index contributed by atoms with van der Waals surface area (Å²) >= 11 is 0. The molecule has 3 amide bonds. The van der Waals surface area contributed by atoms with Crippen LogP contribution in [0, 0.1) is 0 Å². The maximum atomic E-state index is 12.6. The molecule has 0 radical (unpaired) electrons. The van der Waals surface area contributed by atoms with Gasteiger partial charge < -0.3 is 29.6 Å². The summed E-state index contributed by atoms with van der Waals surface area (Å²) in [6, 6.07) is 11.0. The fourth-order valence-corrected chi connectivity index (χ4v) is 3.70. The Balaban J connectivity index is 1.68. The molecule has 2 aromatic carbocycles. The Morgan fingerprint density at radius 3 is 2.61 bits per heavy atom. The predicted octanol–water partition coefficient (Wildman–Crippen LogP) is 3.20. The molecule has 1 atom stereocenters. The van der Waals surface area contributed by atoms with Gasteiger partial charge in [0.1, 0.15) is 5.75 Å². The summed E-state index contributed by atoms with van der Waals surface area (Å²) < 4.78 is 22.0. The van der Waals surface area contributed by atoms with Gasteiger partial charge >= 0.3 is 12.0 Å². The standard InChI is InChI=1S/C27H32N4O7/c1-6-36-26(33)24-17(4)29-27(34)30-25(24)18-11-12-21(22(13-18)35-5)37-15-23(32)31-28-14-19-9-7-8-10-20(19)38-16(2)3/h7-14,16,25H,6,15H2,1-5H3,(H,31,32)(H2,29,30,34)/b28-14+/t25-/m0/s1. The number of nitrogens with one attached hydrogen (secondary N) is 3. The Labute approximate surface area is 221 Å². The summed E-state index contributed by atoms with van der Waals surface area (Å²) in [6.45, 7) is 7.05. The van der Waals surface area contributed by atoms with Gasteiger partial charge in [0.25, 0.3) is 5.91 Å². The number of para-hydroxylation sites is 1. The smallest absolute Gasteiger partial charge is 0.338 e. The minimum atomic E-state index is -0.758. The van der Waals surface area contributed by atoms with Crippen molar-refractivity contribution in [2.24, 2.45) is 5.10 Å². The van der Waals surface area contributed by atoms with Crippen molar-refractivity contribution in [2.75, 3.05) is 20.3 Å². The normalized spacial score (nSPS) is 15.1. The van der Waals surface area contributed by atoms with Crippen molar-refractivity contribution in [2.45, 2.75) is 39.8 Å². The van der Waals surface area contributed by atoms with E-state index in [-0.39, 0.29) is 24.9 Å². The number of methoxy groups -OCH3 is 1. The number of rotatable bonds is 11. The van der Waals surface area contributed by atoms with Crippen molar-refractivity contribution >= 4 is 24.1 Å². The molecule has 1 heterocycles. The molecule has 3 rings (SSSR count). The van der Waals surface area contributed by atoms with Gasteiger partial charge in [-0.05, 0) is 57.5 Å². The highest BCUT2D eigenvalue weighted by Crippen LogP contribution is 2.34. The minimum absolute atomic E-state index is 0.00300. The summed E-state index contributed by atoms with van der Waals surface area (Å²) in [5.74, 6) is 0.236. The van der Waals surface area contributed by atoms with Crippen LogP contribution in [-0.4, -0.2) is 50.5 Å². The van der Waals surface area contributed by atoms with E-state index in [1.54, 1.807) is 32.0 Å². The summed E-state index contributed by atoms with van der Waals surface area (Å²) in [4.78, 5) is 36.9. The Hall–Kier alpha value is -4.54. The number of amides is 3. The van der Waals surface area contributed by atoms with Crippen molar-refractivity contribution < 1.29 is 33.3 Å². The van der Waals surface area contributed by atoms with Gasteiger partial charge in [-0.25, -0.2) is 15.0 Å². The van der Waals surface area contributed by atoms with Gasteiger partial charge in [0.05, 0.1) is 37.7 Å². The molecule has 0 unspecified atom stereocenters. The van der Waals surface area contributed by atoms with Gasteiger partial charge in [-0.2, -0.15) is 5.10 Å². The number of allylic oxidation sites excluding steroid dienone is 1. The average Bonchev–Trinajstić information content (AvgIpc) is 2.87. The van der Waals surface area contributed by atoms with E-state index in [2.05, 4.69) is 21.2 Å². The lowest BCUT2D eigenvalue weighted by Gasteiger charge is -2.28. The largest absolute Gasteiger partial charge is 0.493 e. The second-order valence-corrected chi connectivity index (χ2v) is 8.49. The molecule has 0 fully saturated rings. The van der Waals surface area contributed by atoms with Crippen molar-refractivity contribution in [3.05, 3.63) is 64.9 Å². The highest BCUT2D eigenvalue weighted by molar-refractivity contribution is 5.95. The molecule has 0 aromatic heterocycles. The maximum absolute atomic E-state index is 12.6. The summed E-state index contributed by atoms with van der Waals surface area (Å²) in [5, 5.41) is 9.30. The van der Waals surface area contributed by atoms with Gasteiger partial charge in [0.2, 0.25) is 0 Å². The molecule has 0 spiro atoms. The van der Waals surface area contributed by atoms with Crippen molar-refractivity contribution in [1.82, 2.24) is 16.1 Å². The molecule has 2 aromatic rings. The Bertz CT molecular complexity index is 1240. The number of carbonyl (C=O) groups is 3. The van der Waals surface area contributed by atoms with Crippen LogP contribution in [0.25, 0.3) is 0 Å². The van der Waals surface area contributed by atoms with Crippen molar-refractivity contribution in [3.8, 4) is 17.2 Å². The number of hydrogen-bond acceptors (Lipinski definition) is 8. The number of urea groups is 1. The molecule has 11 heteroatoms. The first kappa shape index (κ1) is 28.0. The van der Waals surface area contributed by atoms with Gasteiger partial charge in [-0.15, -0.1) is 0 Å². The molecule has 3 N–H and O–H groups in total. The van der Waals surface area contributed by atoms with Crippen LogP contribution in [0.4, 0.5) is 4.79 Å². The molecule has 38 heavy (non-hydrogen) atoms. The molecule has 202 valence electrons. The van der Waals surface area contributed by atoms with E-state index in [0.29, 0.717) is 28.5 Å². The number of benzene rings is 2. The van der Waals surface area contributed by atoms with Gasteiger partial charge in [0.15, 0.2) is 18.1 Å². The van der Waals surface area contributed by atoms with E-state index in [0.717, 1.165) is 5.56 Å². The second kappa shape index (κ2) is 13.1. The highest BCUT2D eigenvalue weighted by atomic mass is 16.5. The predicted molar refractivity (Wildman–Crippen MR) is 140 cm³/mol. The lowest BCUT2D eigenvalue weighted by molar-refractivity contribution is -0.139. The van der Waals surface area contributed by atoms with E-state index in [1.165, 1.54) is 13.3 Å². The van der Waals surface area contributed by atoms with E-state index < -0.39 is 23.9 Å². The van der Waals surface area contributed by atoms with Gasteiger partial charge in [-0.3, -0.25) is 4.79 Å². The van der Waals surface area contributed by atoms with Crippen LogP contribution in [0.1, 0.15) is 44.9 Å². The Kier molecular flexibility index (Phi) is 9.69. The maximum Gasteiger partial charge on any atom is 0.338 e. The van der Waals surface area contributed by atoms with E-state index in [1.807, 2.05) is 38.1 Å². The molecular weight excluding hydrogens is 492 g/mol. The number of hydrazone groups is 1. The van der Waals surface area contributed by atoms with Crippen LogP contribution in [0.5, 0.6) is 17.2 Å². The van der Waals surface area contributed by atoms with Gasteiger partial charge in [-0.1, -0.05) is 18.2 Å². The molecule has 0 bridgehead atoms. The van der Waals surface area contributed by atoms with E-state index in [9.17, 15) is 14.4 Å². The van der Waals surface area contributed by atoms with Crippen LogP contribution in [0.3, 0.4) is 0 Å². The monoisotopic (exact) mass is 524 g/mol. The molecular formula is C27H32N4O7. The summed E-state index contributed by atoms with van der Waals surface area (Å²) in [6.07, 6.45) is 1.49. The molecule has 0 saturated heterocycles. The molecule has 0 saturated carbocycles. The van der Waals surface area contributed by atoms with E-state index in [4.69, 9.17) is 18.9 Å². The molecule has 1 aliphatic rings. The zero-order valence-corrected chi connectivity index (χ0v) is 22.0. The third-order valence-corrected chi connectivity index (χ3v) is 5.32. The van der Waals surface area contributed by atoms with Gasteiger partial charge in [0, 0.05) is 11.3 Å². The van der Waals surface area contributed by atoms with Crippen LogP contribution in [0.2, 0.25) is 0 Å². The zero-order chi connectivity index (χ0) is 27.7. The van der Waals surface area contributed by atoms with E-state index >= 15 is 0 Å². The minimum Gasteiger partial charge on any atom is -0.493 e. The van der Waals surface area contributed by atoms with Crippen LogP contribution in [0.15, 0.2) is 58.8 Å². The lowest BCUT2D eigenvalue weighted by Crippen LogP contribution is -2.45. The first-order valence-electron chi connectivity index (χ1n) is 12.1. The first-order chi connectivity index (χ1) is 18.2. The number of esters is 1. The number of hydrogen-bond donors (Lipinski definition) is 3. The number of nitrogens with zero attached hydrogens (tertiary/aromatic N) is 1. The average molecular weight is 525 g/mol. The van der Waals surface area contributed by atoms with Crippen molar-refractivity contribution in [3.63, 3.8) is 0 Å². The SMILES string of the molecule is CCOC(=O)C1=C(C)NC(=O)N[C@H]1c1ccc(OCC(=O)N/N=C/c2ccccc2OC(C)C)c(OC)c1. The van der Waals surface area contributed by atoms with Crippen molar-refractivity contribution in [1.29, 1.82) is 0 Å². The van der Waals surface area contributed by atoms with Crippen LogP contribution >= 0.6 is 0 Å². The van der Waals surface area contributed by atoms with Crippen LogP contribution < -0.4 is 30.3 Å². The fraction of sp³-hybridized carbons (Fsp3) is 0.333. The topological polar surface area (TPSA) is 137 Å². The molecule has 0 aliphatic carbocycles. The molecule has 11 nitrogen and oxygen atoms in total. The third kappa shape index (κ3) is 7.25. The Morgan fingerprint density at radius 1 is 1.13 bits per heavy atom. The lowest BCUT2D eigenvalue weighted by atomic mass is 9.95. The first-order valence-corrected chi connectivity index (χ1v) is 12.1. The molecule has 1 aliphatic heterocycles. The fourth-order valence-electron chi connectivity index (χ4n) is 3.70. The quantitative estimate of drug-likeness (QED) is 0.233.